The predicted octanol–water partition coefficient (Wildman–Crippen LogP) is 4.24. The lowest BCUT2D eigenvalue weighted by atomic mass is 10.2. The molecular weight excluding hydrogens is 345 g/mol. The Labute approximate surface area is 149 Å². The number of rotatable bonds is 4. The van der Waals surface area contributed by atoms with Crippen LogP contribution < -0.4 is 4.74 Å². The average Bonchev–Trinajstić information content (AvgIpc) is 2.81. The minimum atomic E-state index is -0.291. The number of amides is 1. The third-order valence-corrected chi connectivity index (χ3v) is 4.98. The first-order valence-corrected chi connectivity index (χ1v) is 8.45. The molecule has 1 fully saturated rings. The third-order valence-electron chi connectivity index (χ3n) is 3.49. The summed E-state index contributed by atoms with van der Waals surface area (Å²) in [6.07, 6.45) is 1.78. The summed E-state index contributed by atoms with van der Waals surface area (Å²) in [6, 6.07) is 13.8. The van der Waals surface area contributed by atoms with E-state index in [2.05, 4.69) is 0 Å². The highest BCUT2D eigenvalue weighted by atomic mass is 32.2. The molecule has 1 amide bonds. The van der Waals surface area contributed by atoms with E-state index in [1.54, 1.807) is 37.4 Å². The number of carbonyl (C=O) groups is 1. The average molecular weight is 359 g/mol. The lowest BCUT2D eigenvalue weighted by Gasteiger charge is -2.08. The summed E-state index contributed by atoms with van der Waals surface area (Å²) in [6.45, 7) is 0.146. The van der Waals surface area contributed by atoms with Crippen molar-refractivity contribution in [2.24, 2.45) is 0 Å². The van der Waals surface area contributed by atoms with Crippen LogP contribution in [-0.4, -0.2) is 22.2 Å². The first-order chi connectivity index (χ1) is 11.5. The monoisotopic (exact) mass is 359 g/mol. The van der Waals surface area contributed by atoms with Gasteiger partial charge in [-0.15, -0.1) is 0 Å². The van der Waals surface area contributed by atoms with E-state index in [9.17, 15) is 9.18 Å². The Balaban J connectivity index is 1.74. The quantitative estimate of drug-likeness (QED) is 0.603. The molecule has 6 heteroatoms. The molecular formula is C18H14FNO2S2. The van der Waals surface area contributed by atoms with Crippen molar-refractivity contribution in [1.29, 1.82) is 0 Å². The molecule has 2 aromatic carbocycles. The Morgan fingerprint density at radius 3 is 2.75 bits per heavy atom. The van der Waals surface area contributed by atoms with Gasteiger partial charge in [0.25, 0.3) is 5.91 Å². The fourth-order valence-corrected chi connectivity index (χ4v) is 3.35. The summed E-state index contributed by atoms with van der Waals surface area (Å²) in [5, 5.41) is 0. The zero-order valence-corrected chi connectivity index (χ0v) is 14.5. The number of likely N-dealkylation sites (N-methyl/N-ethyl adjacent to an activating group) is 1. The van der Waals surface area contributed by atoms with E-state index < -0.39 is 0 Å². The highest BCUT2D eigenvalue weighted by Crippen LogP contribution is 2.31. The van der Waals surface area contributed by atoms with Gasteiger partial charge >= 0.3 is 0 Å². The molecule has 0 atom stereocenters. The van der Waals surface area contributed by atoms with Gasteiger partial charge in [0.2, 0.25) is 0 Å². The number of thioether (sulfide) groups is 1. The van der Waals surface area contributed by atoms with Gasteiger partial charge in [0.15, 0.2) is 0 Å². The second-order valence-electron chi connectivity index (χ2n) is 5.19. The molecule has 0 radical (unpaired) electrons. The Morgan fingerprint density at radius 1 is 1.25 bits per heavy atom. The summed E-state index contributed by atoms with van der Waals surface area (Å²) >= 11 is 6.39. The smallest absolute Gasteiger partial charge is 0.265 e. The number of halogens is 1. The Kier molecular flexibility index (Phi) is 4.97. The molecule has 2 aromatic rings. The molecule has 0 saturated carbocycles. The molecule has 0 spiro atoms. The molecule has 1 aliphatic rings. The van der Waals surface area contributed by atoms with Crippen molar-refractivity contribution < 1.29 is 13.9 Å². The number of ether oxygens (including phenoxy) is 1. The molecule has 122 valence electrons. The van der Waals surface area contributed by atoms with Crippen LogP contribution in [0.1, 0.15) is 11.1 Å². The minimum absolute atomic E-state index is 0.109. The largest absolute Gasteiger partial charge is 0.489 e. The molecule has 3 rings (SSSR count). The number of benzene rings is 2. The van der Waals surface area contributed by atoms with E-state index in [-0.39, 0.29) is 18.3 Å². The highest BCUT2D eigenvalue weighted by Gasteiger charge is 2.28. The van der Waals surface area contributed by atoms with Gasteiger partial charge in [-0.05, 0) is 29.8 Å². The molecule has 24 heavy (non-hydrogen) atoms. The fourth-order valence-electron chi connectivity index (χ4n) is 2.17. The van der Waals surface area contributed by atoms with Gasteiger partial charge in [0.1, 0.15) is 22.5 Å². The molecule has 1 saturated heterocycles. The highest BCUT2D eigenvalue weighted by molar-refractivity contribution is 8.26. The summed E-state index contributed by atoms with van der Waals surface area (Å²) in [7, 11) is 1.66. The number of carbonyl (C=O) groups excluding carboxylic acids is 1. The molecule has 0 bridgehead atoms. The third kappa shape index (κ3) is 3.66. The van der Waals surface area contributed by atoms with Gasteiger partial charge in [0.05, 0.1) is 4.91 Å². The van der Waals surface area contributed by atoms with Crippen molar-refractivity contribution in [1.82, 2.24) is 4.90 Å². The molecule has 1 aliphatic heterocycles. The zero-order chi connectivity index (χ0) is 17.1. The number of hydrogen-bond donors (Lipinski definition) is 0. The Hall–Kier alpha value is -2.18. The SMILES string of the molecule is CN1C(=O)/C(=C/c2cccc(OCc3ccccc3F)c2)SC1=S. The normalized spacial score (nSPS) is 16.1. The maximum Gasteiger partial charge on any atom is 0.265 e. The predicted molar refractivity (Wildman–Crippen MR) is 98.1 cm³/mol. The van der Waals surface area contributed by atoms with Crippen LogP contribution in [0.25, 0.3) is 6.08 Å². The molecule has 0 N–H and O–H groups in total. The van der Waals surface area contributed by atoms with Crippen molar-refractivity contribution in [3.63, 3.8) is 0 Å². The molecule has 3 nitrogen and oxygen atoms in total. The van der Waals surface area contributed by atoms with Gasteiger partial charge in [0, 0.05) is 12.6 Å². The van der Waals surface area contributed by atoms with Crippen LogP contribution in [-0.2, 0) is 11.4 Å². The van der Waals surface area contributed by atoms with E-state index in [1.165, 1.54) is 22.7 Å². The standard InChI is InChI=1S/C18H14FNO2S2/c1-20-17(21)16(24-18(20)23)10-12-5-4-7-14(9-12)22-11-13-6-2-3-8-15(13)19/h2-10H,11H2,1H3/b16-10-. The van der Waals surface area contributed by atoms with Crippen LogP contribution in [0.5, 0.6) is 5.75 Å². The Morgan fingerprint density at radius 2 is 2.04 bits per heavy atom. The van der Waals surface area contributed by atoms with Crippen LogP contribution in [0.4, 0.5) is 4.39 Å². The lowest BCUT2D eigenvalue weighted by molar-refractivity contribution is -0.121. The summed E-state index contributed by atoms with van der Waals surface area (Å²) in [5.74, 6) is 0.210. The number of hydrogen-bond acceptors (Lipinski definition) is 4. The second kappa shape index (κ2) is 7.15. The number of thiocarbonyl (C=S) groups is 1. The zero-order valence-electron chi connectivity index (χ0n) is 12.9. The van der Waals surface area contributed by atoms with Crippen molar-refractivity contribution >= 4 is 40.3 Å². The van der Waals surface area contributed by atoms with Gasteiger partial charge in [-0.3, -0.25) is 9.69 Å². The maximum absolute atomic E-state index is 13.6. The second-order valence-corrected chi connectivity index (χ2v) is 6.87. The van der Waals surface area contributed by atoms with Crippen molar-refractivity contribution in [2.45, 2.75) is 6.61 Å². The topological polar surface area (TPSA) is 29.5 Å². The summed E-state index contributed by atoms with van der Waals surface area (Å²) < 4.78 is 19.8. The number of nitrogens with zero attached hydrogens (tertiary/aromatic N) is 1. The first-order valence-electron chi connectivity index (χ1n) is 7.22. The van der Waals surface area contributed by atoms with Crippen molar-refractivity contribution in [2.75, 3.05) is 7.05 Å². The summed E-state index contributed by atoms with van der Waals surface area (Å²) in [5.41, 5.74) is 1.32. The molecule has 0 aliphatic carbocycles. The van der Waals surface area contributed by atoms with Crippen LogP contribution in [0.3, 0.4) is 0 Å². The Bertz CT molecular complexity index is 835. The molecule has 0 aromatic heterocycles. The van der Waals surface area contributed by atoms with Crippen LogP contribution in [0.15, 0.2) is 53.4 Å². The van der Waals surface area contributed by atoms with Crippen LogP contribution in [0.2, 0.25) is 0 Å². The van der Waals surface area contributed by atoms with E-state index in [1.807, 2.05) is 18.2 Å². The van der Waals surface area contributed by atoms with Crippen LogP contribution in [0, 0.1) is 5.82 Å². The van der Waals surface area contributed by atoms with Gasteiger partial charge in [-0.2, -0.15) is 0 Å². The van der Waals surface area contributed by atoms with Crippen molar-refractivity contribution in [3.8, 4) is 5.75 Å². The van der Waals surface area contributed by atoms with E-state index in [0.717, 1.165) is 5.56 Å². The minimum Gasteiger partial charge on any atom is -0.489 e. The first kappa shape index (κ1) is 16.7. The van der Waals surface area contributed by atoms with Gasteiger partial charge in [-0.25, -0.2) is 4.39 Å². The molecule has 1 heterocycles. The van der Waals surface area contributed by atoms with Crippen molar-refractivity contribution in [3.05, 3.63) is 70.4 Å². The summed E-state index contributed by atoms with van der Waals surface area (Å²) in [4.78, 5) is 14.1. The van der Waals surface area contributed by atoms with E-state index in [0.29, 0.717) is 20.5 Å². The van der Waals surface area contributed by atoms with Gasteiger partial charge in [-0.1, -0.05) is 54.3 Å². The van der Waals surface area contributed by atoms with Crippen LogP contribution >= 0.6 is 24.0 Å². The molecule has 0 unspecified atom stereocenters. The fraction of sp³-hybridized carbons (Fsp3) is 0.111. The lowest BCUT2D eigenvalue weighted by Crippen LogP contribution is -2.22. The maximum atomic E-state index is 13.6. The van der Waals surface area contributed by atoms with E-state index in [4.69, 9.17) is 17.0 Å². The van der Waals surface area contributed by atoms with Gasteiger partial charge < -0.3 is 4.74 Å². The van der Waals surface area contributed by atoms with E-state index >= 15 is 0 Å².